The van der Waals surface area contributed by atoms with Gasteiger partial charge in [-0.05, 0) is 26.0 Å². The van der Waals surface area contributed by atoms with Crippen LogP contribution in [0.5, 0.6) is 0 Å². The van der Waals surface area contributed by atoms with Crippen molar-refractivity contribution in [2.75, 3.05) is 0 Å². The molecule has 0 spiro atoms. The zero-order valence-electron chi connectivity index (χ0n) is 6.59. The fourth-order valence-corrected chi connectivity index (χ4v) is 1.42. The van der Waals surface area contributed by atoms with E-state index >= 15 is 0 Å². The maximum atomic E-state index is 7.26. The van der Waals surface area contributed by atoms with Gasteiger partial charge in [-0.15, -0.1) is 0 Å². The number of thioether (sulfide) groups is 1. The van der Waals surface area contributed by atoms with Crippen LogP contribution in [0.2, 0.25) is 0 Å². The molecule has 0 aromatic carbocycles. The van der Waals surface area contributed by atoms with E-state index in [4.69, 9.17) is 5.41 Å². The lowest BCUT2D eigenvalue weighted by Crippen LogP contribution is -1.86. The predicted octanol–water partition coefficient (Wildman–Crippen LogP) is 2.48. The lowest BCUT2D eigenvalue weighted by molar-refractivity contribution is 1.12. The van der Waals surface area contributed by atoms with E-state index in [1.807, 2.05) is 19.1 Å². The van der Waals surface area contributed by atoms with Crippen molar-refractivity contribution in [1.29, 1.82) is 5.41 Å². The highest BCUT2D eigenvalue weighted by Crippen LogP contribution is 2.20. The normalized spacial score (nSPS) is 9.64. The minimum Gasteiger partial charge on any atom is -0.298 e. The van der Waals surface area contributed by atoms with Crippen LogP contribution in [0.4, 0.5) is 0 Å². The Morgan fingerprint density at radius 2 is 2.36 bits per heavy atom. The summed E-state index contributed by atoms with van der Waals surface area (Å²) < 4.78 is 0. The van der Waals surface area contributed by atoms with E-state index in [-0.39, 0.29) is 0 Å². The first-order valence-electron chi connectivity index (χ1n) is 3.35. The predicted molar refractivity (Wildman–Crippen MR) is 48.2 cm³/mol. The molecular weight excluding hydrogens is 156 g/mol. The Morgan fingerprint density at radius 3 is 2.91 bits per heavy atom. The average molecular weight is 166 g/mol. The molecule has 0 fully saturated rings. The lowest BCUT2D eigenvalue weighted by Gasteiger charge is -2.00. The van der Waals surface area contributed by atoms with Crippen LogP contribution >= 0.6 is 11.8 Å². The average Bonchev–Trinajstić information content (AvgIpc) is 1.93. The van der Waals surface area contributed by atoms with Crippen LogP contribution in [0.3, 0.4) is 0 Å². The Balaban J connectivity index is 2.86. The molecule has 1 N–H and O–H groups in total. The molecule has 2 nitrogen and oxygen atoms in total. The highest BCUT2D eigenvalue weighted by molar-refractivity contribution is 8.13. The minimum absolute atomic E-state index is 0.598. The van der Waals surface area contributed by atoms with Gasteiger partial charge in [-0.1, -0.05) is 11.8 Å². The number of nitrogens with one attached hydrogen (secondary N) is 1. The molecule has 0 amide bonds. The first-order valence-corrected chi connectivity index (χ1v) is 4.16. The third kappa shape index (κ3) is 2.35. The Hall–Kier alpha value is -0.830. The number of hydrogen-bond donors (Lipinski definition) is 1. The molecule has 0 bridgehead atoms. The van der Waals surface area contributed by atoms with E-state index in [9.17, 15) is 0 Å². The van der Waals surface area contributed by atoms with Crippen LogP contribution in [0.25, 0.3) is 0 Å². The molecule has 0 aliphatic heterocycles. The van der Waals surface area contributed by atoms with Crippen molar-refractivity contribution >= 4 is 16.8 Å². The van der Waals surface area contributed by atoms with Gasteiger partial charge in [0.2, 0.25) is 0 Å². The third-order valence-corrected chi connectivity index (χ3v) is 2.18. The molecule has 0 saturated carbocycles. The second-order valence-electron chi connectivity index (χ2n) is 2.25. The zero-order valence-corrected chi connectivity index (χ0v) is 7.40. The summed E-state index contributed by atoms with van der Waals surface area (Å²) in [7, 11) is 0. The topological polar surface area (TPSA) is 36.7 Å². The Bertz CT molecular complexity index is 271. The molecule has 1 aromatic rings. The van der Waals surface area contributed by atoms with E-state index in [1.54, 1.807) is 13.1 Å². The molecule has 1 rings (SSSR count). The van der Waals surface area contributed by atoms with Crippen molar-refractivity contribution in [3.8, 4) is 0 Å². The van der Waals surface area contributed by atoms with Gasteiger partial charge in [0.15, 0.2) is 0 Å². The van der Waals surface area contributed by atoms with E-state index in [0.717, 1.165) is 10.6 Å². The van der Waals surface area contributed by atoms with Gasteiger partial charge in [0.25, 0.3) is 0 Å². The van der Waals surface area contributed by atoms with Gasteiger partial charge in [-0.25, -0.2) is 0 Å². The zero-order chi connectivity index (χ0) is 8.27. The van der Waals surface area contributed by atoms with Crippen molar-refractivity contribution in [1.82, 2.24) is 4.98 Å². The van der Waals surface area contributed by atoms with Gasteiger partial charge >= 0.3 is 0 Å². The summed E-state index contributed by atoms with van der Waals surface area (Å²) in [5, 5.41) is 7.86. The van der Waals surface area contributed by atoms with E-state index in [1.165, 1.54) is 11.8 Å². The van der Waals surface area contributed by atoms with Crippen molar-refractivity contribution < 1.29 is 0 Å². The second kappa shape index (κ2) is 3.53. The minimum atomic E-state index is 0.598. The van der Waals surface area contributed by atoms with Crippen LogP contribution in [0, 0.1) is 12.3 Å². The number of nitrogens with zero attached hydrogens (tertiary/aromatic N) is 1. The van der Waals surface area contributed by atoms with Gasteiger partial charge < -0.3 is 0 Å². The SMILES string of the molecule is CC(=N)Sc1cccnc1C. The van der Waals surface area contributed by atoms with Gasteiger partial charge in [-0.3, -0.25) is 10.4 Å². The molecule has 0 aliphatic rings. The summed E-state index contributed by atoms with van der Waals surface area (Å²) in [5.74, 6) is 0. The maximum Gasteiger partial charge on any atom is 0.0658 e. The van der Waals surface area contributed by atoms with Crippen LogP contribution in [-0.4, -0.2) is 10.0 Å². The Morgan fingerprint density at radius 1 is 1.64 bits per heavy atom. The number of hydrogen-bond acceptors (Lipinski definition) is 3. The van der Waals surface area contributed by atoms with Crippen molar-refractivity contribution in [3.05, 3.63) is 24.0 Å². The van der Waals surface area contributed by atoms with Gasteiger partial charge in [0.05, 0.1) is 10.7 Å². The molecule has 0 unspecified atom stereocenters. The highest BCUT2D eigenvalue weighted by Gasteiger charge is 1.98. The number of rotatable bonds is 1. The van der Waals surface area contributed by atoms with Crippen molar-refractivity contribution in [3.63, 3.8) is 0 Å². The summed E-state index contributed by atoms with van der Waals surface area (Å²) in [6.45, 7) is 3.72. The quantitative estimate of drug-likeness (QED) is 0.395. The maximum absolute atomic E-state index is 7.26. The van der Waals surface area contributed by atoms with Crippen LogP contribution < -0.4 is 0 Å². The largest absolute Gasteiger partial charge is 0.298 e. The summed E-state index contributed by atoms with van der Waals surface area (Å²) >= 11 is 1.45. The first-order chi connectivity index (χ1) is 5.20. The van der Waals surface area contributed by atoms with E-state index in [0.29, 0.717) is 5.04 Å². The van der Waals surface area contributed by atoms with Gasteiger partial charge in [0, 0.05) is 11.1 Å². The molecule has 1 aromatic heterocycles. The Kier molecular flexibility index (Phi) is 2.65. The summed E-state index contributed by atoms with van der Waals surface area (Å²) in [5.41, 5.74) is 0.990. The fourth-order valence-electron chi connectivity index (χ4n) is 0.742. The fraction of sp³-hybridized carbons (Fsp3) is 0.250. The van der Waals surface area contributed by atoms with Gasteiger partial charge in [0.1, 0.15) is 0 Å². The molecule has 0 aliphatic carbocycles. The molecule has 1 heterocycles. The summed E-state index contributed by atoms with van der Waals surface area (Å²) in [6, 6.07) is 3.86. The van der Waals surface area contributed by atoms with E-state index < -0.39 is 0 Å². The third-order valence-electron chi connectivity index (χ3n) is 1.22. The number of pyridine rings is 1. The smallest absolute Gasteiger partial charge is 0.0658 e. The number of aromatic nitrogens is 1. The van der Waals surface area contributed by atoms with E-state index in [2.05, 4.69) is 4.98 Å². The molecule has 0 saturated heterocycles. The first kappa shape index (κ1) is 8.27. The molecule has 0 atom stereocenters. The standard InChI is InChI=1S/C8H10N2S/c1-6-8(11-7(2)9)4-3-5-10-6/h3-5,9H,1-2H3. The van der Waals surface area contributed by atoms with Crippen LogP contribution in [-0.2, 0) is 0 Å². The number of aryl methyl sites for hydroxylation is 1. The molecule has 58 valence electrons. The van der Waals surface area contributed by atoms with Crippen LogP contribution in [0.1, 0.15) is 12.6 Å². The van der Waals surface area contributed by atoms with Gasteiger partial charge in [-0.2, -0.15) is 0 Å². The molecule has 0 radical (unpaired) electrons. The molecule has 3 heteroatoms. The van der Waals surface area contributed by atoms with Crippen molar-refractivity contribution in [2.24, 2.45) is 0 Å². The second-order valence-corrected chi connectivity index (χ2v) is 3.50. The lowest BCUT2D eigenvalue weighted by atomic mass is 10.4. The summed E-state index contributed by atoms with van der Waals surface area (Å²) in [4.78, 5) is 5.18. The highest BCUT2D eigenvalue weighted by atomic mass is 32.2. The molecular formula is C8H10N2S. The molecule has 11 heavy (non-hydrogen) atoms. The summed E-state index contributed by atoms with van der Waals surface area (Å²) in [6.07, 6.45) is 1.76. The monoisotopic (exact) mass is 166 g/mol. The Labute approximate surface area is 70.6 Å². The van der Waals surface area contributed by atoms with Crippen molar-refractivity contribution in [2.45, 2.75) is 18.7 Å². The van der Waals surface area contributed by atoms with Crippen LogP contribution in [0.15, 0.2) is 23.2 Å².